The van der Waals surface area contributed by atoms with Crippen molar-refractivity contribution in [1.82, 2.24) is 35.9 Å². The number of hydrogen-bond acceptors (Lipinski definition) is 8. The lowest BCUT2D eigenvalue weighted by atomic mass is 10.4. The third kappa shape index (κ3) is 2.69. The molecule has 88 valence electrons. The summed E-state index contributed by atoms with van der Waals surface area (Å²) in [5, 5.41) is 15.6. The number of hydrazine groups is 1. The number of aromatic nitrogens is 6. The van der Waals surface area contributed by atoms with Crippen LogP contribution in [-0.4, -0.2) is 36.5 Å². The molecular weight excluding hydrogens is 226 g/mol. The van der Waals surface area contributed by atoms with Crippen LogP contribution >= 0.6 is 0 Å². The van der Waals surface area contributed by atoms with Crippen LogP contribution in [0.25, 0.3) is 0 Å². The van der Waals surface area contributed by atoms with Gasteiger partial charge in [0.25, 0.3) is 5.91 Å². The van der Waals surface area contributed by atoms with Gasteiger partial charge in [-0.1, -0.05) is 5.21 Å². The average Bonchev–Trinajstić information content (AvgIpc) is 2.89. The fraction of sp³-hybridized carbons (Fsp3) is 0.143. The molecule has 0 atom stereocenters. The molecule has 0 saturated carbocycles. The number of H-pyrrole nitrogens is 1. The zero-order valence-electron chi connectivity index (χ0n) is 8.58. The van der Waals surface area contributed by atoms with E-state index in [1.807, 2.05) is 0 Å². The van der Waals surface area contributed by atoms with Crippen molar-refractivity contribution >= 4 is 11.7 Å². The van der Waals surface area contributed by atoms with E-state index in [1.54, 1.807) is 0 Å². The molecule has 0 aliphatic heterocycles. The summed E-state index contributed by atoms with van der Waals surface area (Å²) in [4.78, 5) is 19.3. The van der Waals surface area contributed by atoms with Gasteiger partial charge in [-0.15, -0.1) is 10.2 Å². The molecule has 10 nitrogen and oxygen atoms in total. The summed E-state index contributed by atoms with van der Waals surface area (Å²) >= 11 is 0. The van der Waals surface area contributed by atoms with E-state index in [-0.39, 0.29) is 18.1 Å². The molecule has 0 saturated heterocycles. The molecule has 2 aromatic heterocycles. The molecule has 10 heteroatoms. The summed E-state index contributed by atoms with van der Waals surface area (Å²) < 4.78 is 0. The number of aromatic amines is 1. The summed E-state index contributed by atoms with van der Waals surface area (Å²) in [7, 11) is 0. The number of nitrogens with one attached hydrogen (secondary N) is 3. The Bertz CT molecular complexity index is 479. The summed E-state index contributed by atoms with van der Waals surface area (Å²) in [5.41, 5.74) is 2.48. The van der Waals surface area contributed by atoms with Gasteiger partial charge in [-0.05, 0) is 0 Å². The number of nitrogens with zero attached hydrogens (tertiary/aromatic N) is 5. The topological polar surface area (TPSA) is 147 Å². The second-order valence-electron chi connectivity index (χ2n) is 2.94. The Hall–Kier alpha value is -2.62. The van der Waals surface area contributed by atoms with E-state index in [4.69, 9.17) is 5.84 Å². The highest BCUT2D eigenvalue weighted by molar-refractivity contribution is 5.91. The molecule has 1 amide bonds. The van der Waals surface area contributed by atoms with E-state index in [2.05, 4.69) is 41.3 Å². The number of nitrogens with two attached hydrogens (primary N) is 1. The van der Waals surface area contributed by atoms with E-state index in [1.165, 1.54) is 12.4 Å². The summed E-state index contributed by atoms with van der Waals surface area (Å²) in [6.45, 7) is 0.161. The number of amides is 1. The van der Waals surface area contributed by atoms with Gasteiger partial charge >= 0.3 is 0 Å². The van der Waals surface area contributed by atoms with Crippen LogP contribution in [-0.2, 0) is 6.54 Å². The van der Waals surface area contributed by atoms with Crippen molar-refractivity contribution in [2.24, 2.45) is 5.84 Å². The smallest absolute Gasteiger partial charge is 0.271 e. The first-order chi connectivity index (χ1) is 8.29. The number of tetrazole rings is 1. The highest BCUT2D eigenvalue weighted by Crippen LogP contribution is 1.98. The van der Waals surface area contributed by atoms with Crippen molar-refractivity contribution in [3.05, 3.63) is 23.9 Å². The molecule has 2 aromatic rings. The monoisotopic (exact) mass is 235 g/mol. The minimum atomic E-state index is -0.383. The van der Waals surface area contributed by atoms with Gasteiger partial charge in [0.2, 0.25) is 0 Å². The molecule has 0 aliphatic carbocycles. The largest absolute Gasteiger partial charge is 0.343 e. The first-order valence-corrected chi connectivity index (χ1v) is 4.59. The standard InChI is InChI=1S/C7H9N9O/c8-12-5-2-9-4(1-10-5)7(17)11-3-6-13-15-16-14-6/h1-2H,3,8H2,(H,10,12)(H,11,17)(H,13,14,15,16). The highest BCUT2D eigenvalue weighted by atomic mass is 16.1. The van der Waals surface area contributed by atoms with Crippen LogP contribution in [0.3, 0.4) is 0 Å². The molecule has 0 aromatic carbocycles. The van der Waals surface area contributed by atoms with Gasteiger partial charge in [0.05, 0.1) is 18.9 Å². The van der Waals surface area contributed by atoms with Gasteiger partial charge in [0.15, 0.2) is 11.6 Å². The maximum absolute atomic E-state index is 11.6. The molecule has 0 aliphatic rings. The predicted molar refractivity (Wildman–Crippen MR) is 55.2 cm³/mol. The van der Waals surface area contributed by atoms with Gasteiger partial charge in [0, 0.05) is 0 Å². The van der Waals surface area contributed by atoms with Crippen LogP contribution in [0, 0.1) is 0 Å². The quantitative estimate of drug-likeness (QED) is 0.358. The summed E-state index contributed by atoms with van der Waals surface area (Å²) in [6.07, 6.45) is 2.66. The zero-order valence-corrected chi connectivity index (χ0v) is 8.58. The summed E-state index contributed by atoms with van der Waals surface area (Å²) in [5.74, 6) is 5.49. The zero-order chi connectivity index (χ0) is 12.1. The Labute approximate surface area is 95.0 Å². The van der Waals surface area contributed by atoms with Gasteiger partial charge in [-0.2, -0.15) is 5.21 Å². The van der Waals surface area contributed by atoms with Crippen molar-refractivity contribution in [2.75, 3.05) is 5.43 Å². The fourth-order valence-electron chi connectivity index (χ4n) is 1.03. The van der Waals surface area contributed by atoms with Gasteiger partial charge in [0.1, 0.15) is 5.69 Å². The number of anilines is 1. The Morgan fingerprint density at radius 2 is 2.29 bits per heavy atom. The van der Waals surface area contributed by atoms with E-state index < -0.39 is 0 Å². The number of carbonyl (C=O) groups is 1. The molecule has 2 heterocycles. The predicted octanol–water partition coefficient (Wildman–Crippen LogP) is -1.79. The fourth-order valence-corrected chi connectivity index (χ4v) is 1.03. The molecule has 0 spiro atoms. The summed E-state index contributed by atoms with van der Waals surface area (Å²) in [6, 6.07) is 0. The molecule has 0 unspecified atom stereocenters. The van der Waals surface area contributed by atoms with Crippen LogP contribution in [0.15, 0.2) is 12.4 Å². The normalized spacial score (nSPS) is 9.94. The van der Waals surface area contributed by atoms with Crippen LogP contribution in [0.4, 0.5) is 5.82 Å². The Kier molecular flexibility index (Phi) is 3.16. The second-order valence-corrected chi connectivity index (χ2v) is 2.94. The minimum Gasteiger partial charge on any atom is -0.343 e. The van der Waals surface area contributed by atoms with E-state index in [9.17, 15) is 4.79 Å². The SMILES string of the molecule is NNc1cnc(C(=O)NCc2nn[nH]n2)cn1. The Morgan fingerprint density at radius 3 is 2.88 bits per heavy atom. The molecule has 0 fully saturated rings. The highest BCUT2D eigenvalue weighted by Gasteiger charge is 2.08. The Balaban J connectivity index is 1.95. The second kappa shape index (κ2) is 4.94. The molecule has 0 radical (unpaired) electrons. The lowest BCUT2D eigenvalue weighted by molar-refractivity contribution is 0.0944. The molecule has 2 rings (SSSR count). The van der Waals surface area contributed by atoms with Gasteiger partial charge in [-0.3, -0.25) is 4.79 Å². The van der Waals surface area contributed by atoms with Crippen molar-refractivity contribution in [3.63, 3.8) is 0 Å². The van der Waals surface area contributed by atoms with Crippen LogP contribution in [0.1, 0.15) is 16.3 Å². The minimum absolute atomic E-state index is 0.161. The number of carbonyl (C=O) groups excluding carboxylic acids is 1. The lowest BCUT2D eigenvalue weighted by Gasteiger charge is -2.02. The van der Waals surface area contributed by atoms with Crippen LogP contribution in [0.2, 0.25) is 0 Å². The average molecular weight is 235 g/mol. The lowest BCUT2D eigenvalue weighted by Crippen LogP contribution is -2.24. The number of hydrogen-bond donors (Lipinski definition) is 4. The van der Waals surface area contributed by atoms with Crippen molar-refractivity contribution in [3.8, 4) is 0 Å². The van der Waals surface area contributed by atoms with E-state index >= 15 is 0 Å². The first-order valence-electron chi connectivity index (χ1n) is 4.59. The molecule has 17 heavy (non-hydrogen) atoms. The molecule has 5 N–H and O–H groups in total. The maximum Gasteiger partial charge on any atom is 0.271 e. The van der Waals surface area contributed by atoms with Crippen LogP contribution < -0.4 is 16.6 Å². The van der Waals surface area contributed by atoms with E-state index in [0.717, 1.165) is 0 Å². The van der Waals surface area contributed by atoms with Crippen molar-refractivity contribution in [2.45, 2.75) is 6.54 Å². The molecule has 0 bridgehead atoms. The maximum atomic E-state index is 11.6. The van der Waals surface area contributed by atoms with Crippen LogP contribution in [0.5, 0.6) is 0 Å². The third-order valence-electron chi connectivity index (χ3n) is 1.83. The van der Waals surface area contributed by atoms with E-state index in [0.29, 0.717) is 11.6 Å². The van der Waals surface area contributed by atoms with Gasteiger partial charge in [-0.25, -0.2) is 15.8 Å². The first kappa shape index (κ1) is 10.9. The van der Waals surface area contributed by atoms with Crippen molar-refractivity contribution in [1.29, 1.82) is 0 Å². The van der Waals surface area contributed by atoms with Gasteiger partial charge < -0.3 is 10.7 Å². The third-order valence-corrected chi connectivity index (χ3v) is 1.83. The number of rotatable bonds is 4. The van der Waals surface area contributed by atoms with Crippen molar-refractivity contribution < 1.29 is 4.79 Å². The Morgan fingerprint density at radius 1 is 1.41 bits per heavy atom. The number of nitrogen functional groups attached to an aromatic ring is 1. The molecular formula is C7H9N9O.